The zero-order valence-corrected chi connectivity index (χ0v) is 14.6. The number of hydrogen-bond acceptors (Lipinski definition) is 2. The van der Waals surface area contributed by atoms with E-state index in [9.17, 15) is 9.18 Å². The first-order chi connectivity index (χ1) is 12.7. The Morgan fingerprint density at radius 1 is 1.04 bits per heavy atom. The molecule has 26 heavy (non-hydrogen) atoms. The summed E-state index contributed by atoms with van der Waals surface area (Å²) in [6.45, 7) is 3.30. The quantitative estimate of drug-likeness (QED) is 0.832. The van der Waals surface area contributed by atoms with Gasteiger partial charge in [0.15, 0.2) is 0 Å². The third-order valence-electron chi connectivity index (χ3n) is 4.34. The van der Waals surface area contributed by atoms with Crippen LogP contribution in [0.3, 0.4) is 0 Å². The van der Waals surface area contributed by atoms with Crippen molar-refractivity contribution in [2.24, 2.45) is 0 Å². The SMILES string of the molecule is O=C(NCC#CCN1CCc2ccccc2C1)NCc1ccc(F)cc1. The van der Waals surface area contributed by atoms with Crippen molar-refractivity contribution in [1.82, 2.24) is 15.5 Å². The average molecular weight is 351 g/mol. The van der Waals surface area contributed by atoms with Gasteiger partial charge in [-0.2, -0.15) is 0 Å². The van der Waals surface area contributed by atoms with Crippen LogP contribution in [0.25, 0.3) is 0 Å². The number of benzene rings is 2. The van der Waals surface area contributed by atoms with Gasteiger partial charge in [0, 0.05) is 19.6 Å². The number of carbonyl (C=O) groups excluding carboxylic acids is 1. The van der Waals surface area contributed by atoms with Crippen molar-refractivity contribution in [1.29, 1.82) is 0 Å². The molecular weight excluding hydrogens is 329 g/mol. The Morgan fingerprint density at radius 3 is 2.62 bits per heavy atom. The van der Waals surface area contributed by atoms with Crippen molar-refractivity contribution in [3.8, 4) is 11.8 Å². The molecular formula is C21H22FN3O. The van der Waals surface area contributed by atoms with Crippen LogP contribution in [0.5, 0.6) is 0 Å². The topological polar surface area (TPSA) is 44.4 Å². The molecule has 0 radical (unpaired) electrons. The van der Waals surface area contributed by atoms with Crippen LogP contribution in [0, 0.1) is 17.7 Å². The van der Waals surface area contributed by atoms with Crippen molar-refractivity contribution in [3.63, 3.8) is 0 Å². The van der Waals surface area contributed by atoms with Gasteiger partial charge in [-0.3, -0.25) is 4.90 Å². The van der Waals surface area contributed by atoms with E-state index >= 15 is 0 Å². The number of carbonyl (C=O) groups is 1. The summed E-state index contributed by atoms with van der Waals surface area (Å²) in [5, 5.41) is 5.42. The molecule has 0 saturated carbocycles. The molecule has 1 heterocycles. The molecule has 134 valence electrons. The first-order valence-electron chi connectivity index (χ1n) is 8.72. The van der Waals surface area contributed by atoms with Crippen LogP contribution < -0.4 is 10.6 Å². The van der Waals surface area contributed by atoms with E-state index in [0.29, 0.717) is 19.6 Å². The van der Waals surface area contributed by atoms with E-state index in [2.05, 4.69) is 51.6 Å². The maximum atomic E-state index is 12.8. The molecule has 0 fully saturated rings. The van der Waals surface area contributed by atoms with Gasteiger partial charge >= 0.3 is 6.03 Å². The molecule has 0 bridgehead atoms. The van der Waals surface area contributed by atoms with E-state index in [0.717, 1.165) is 25.1 Å². The molecule has 4 nitrogen and oxygen atoms in total. The number of nitrogens with one attached hydrogen (secondary N) is 2. The molecule has 1 aliphatic rings. The summed E-state index contributed by atoms with van der Waals surface area (Å²) in [4.78, 5) is 14.0. The summed E-state index contributed by atoms with van der Waals surface area (Å²) < 4.78 is 12.8. The van der Waals surface area contributed by atoms with Crippen LogP contribution in [0.1, 0.15) is 16.7 Å². The van der Waals surface area contributed by atoms with Crippen molar-refractivity contribution >= 4 is 6.03 Å². The lowest BCUT2D eigenvalue weighted by molar-refractivity contribution is 0.241. The third kappa shape index (κ3) is 5.33. The van der Waals surface area contributed by atoms with Crippen LogP contribution in [-0.4, -0.2) is 30.6 Å². The minimum Gasteiger partial charge on any atom is -0.334 e. The van der Waals surface area contributed by atoms with Gasteiger partial charge in [-0.25, -0.2) is 9.18 Å². The Labute approximate surface area is 153 Å². The summed E-state index contributed by atoms with van der Waals surface area (Å²) in [5.41, 5.74) is 3.65. The molecule has 1 aliphatic heterocycles. The molecule has 0 saturated heterocycles. The van der Waals surface area contributed by atoms with Crippen LogP contribution >= 0.6 is 0 Å². The zero-order chi connectivity index (χ0) is 18.2. The number of fused-ring (bicyclic) bond motifs is 1. The van der Waals surface area contributed by atoms with Crippen molar-refractivity contribution in [2.75, 3.05) is 19.6 Å². The van der Waals surface area contributed by atoms with Crippen LogP contribution in [0.4, 0.5) is 9.18 Å². The predicted molar refractivity (Wildman–Crippen MR) is 99.8 cm³/mol. The number of urea groups is 1. The molecule has 0 spiro atoms. The molecule has 0 aliphatic carbocycles. The van der Waals surface area contributed by atoms with Gasteiger partial charge in [0.25, 0.3) is 0 Å². The fourth-order valence-corrected chi connectivity index (χ4v) is 2.89. The fraction of sp³-hybridized carbons (Fsp3) is 0.286. The summed E-state index contributed by atoms with van der Waals surface area (Å²) >= 11 is 0. The summed E-state index contributed by atoms with van der Waals surface area (Å²) in [5.74, 6) is 5.81. The maximum Gasteiger partial charge on any atom is 0.315 e. The molecule has 0 aromatic heterocycles. The largest absolute Gasteiger partial charge is 0.334 e. The second-order valence-electron chi connectivity index (χ2n) is 6.25. The van der Waals surface area contributed by atoms with Gasteiger partial charge in [-0.15, -0.1) is 0 Å². The van der Waals surface area contributed by atoms with E-state index in [-0.39, 0.29) is 11.8 Å². The third-order valence-corrected chi connectivity index (χ3v) is 4.34. The predicted octanol–water partition coefficient (Wildman–Crippen LogP) is 2.69. The van der Waals surface area contributed by atoms with Gasteiger partial charge in [-0.05, 0) is 35.2 Å². The summed E-state index contributed by atoms with van der Waals surface area (Å²) in [6, 6.07) is 14.3. The minimum atomic E-state index is -0.286. The highest BCUT2D eigenvalue weighted by Gasteiger charge is 2.13. The second-order valence-corrected chi connectivity index (χ2v) is 6.25. The van der Waals surface area contributed by atoms with Crippen LogP contribution in [0.2, 0.25) is 0 Å². The molecule has 2 N–H and O–H groups in total. The minimum absolute atomic E-state index is 0.282. The Hall–Kier alpha value is -2.84. The Kier molecular flexibility index (Phi) is 6.24. The molecule has 0 unspecified atom stereocenters. The van der Waals surface area contributed by atoms with E-state index in [1.807, 2.05) is 0 Å². The highest BCUT2D eigenvalue weighted by molar-refractivity contribution is 5.74. The molecule has 5 heteroatoms. The lowest BCUT2D eigenvalue weighted by Gasteiger charge is -2.26. The fourth-order valence-electron chi connectivity index (χ4n) is 2.89. The normalized spacial score (nSPS) is 13.3. The van der Waals surface area contributed by atoms with Crippen molar-refractivity contribution < 1.29 is 9.18 Å². The number of nitrogens with zero attached hydrogens (tertiary/aromatic N) is 1. The first kappa shape index (κ1) is 18.0. The van der Waals surface area contributed by atoms with Crippen molar-refractivity contribution in [2.45, 2.75) is 19.5 Å². The van der Waals surface area contributed by atoms with E-state index in [1.165, 1.54) is 23.3 Å². The van der Waals surface area contributed by atoms with E-state index < -0.39 is 0 Å². The van der Waals surface area contributed by atoms with Gasteiger partial charge in [-0.1, -0.05) is 48.2 Å². The maximum absolute atomic E-state index is 12.8. The average Bonchev–Trinajstić information content (AvgIpc) is 2.67. The number of hydrogen-bond donors (Lipinski definition) is 2. The molecule has 2 amide bonds. The summed E-state index contributed by atoms with van der Waals surface area (Å²) in [6.07, 6.45) is 1.06. The lowest BCUT2D eigenvalue weighted by Crippen LogP contribution is -2.35. The van der Waals surface area contributed by atoms with Crippen LogP contribution in [0.15, 0.2) is 48.5 Å². The summed E-state index contributed by atoms with van der Waals surface area (Å²) in [7, 11) is 0. The Bertz CT molecular complexity index is 808. The molecule has 3 rings (SSSR count). The standard InChI is InChI=1S/C21H22FN3O/c22-20-9-7-17(8-10-20)15-24-21(26)23-12-3-4-13-25-14-11-18-5-1-2-6-19(18)16-25/h1-2,5-10H,11-16H2,(H2,23,24,26). The van der Waals surface area contributed by atoms with E-state index in [4.69, 9.17) is 0 Å². The number of halogens is 1. The van der Waals surface area contributed by atoms with Crippen LogP contribution in [-0.2, 0) is 19.5 Å². The highest BCUT2D eigenvalue weighted by Crippen LogP contribution is 2.17. The molecule has 0 atom stereocenters. The Balaban J connectivity index is 1.34. The first-order valence-corrected chi connectivity index (χ1v) is 8.72. The van der Waals surface area contributed by atoms with Gasteiger partial charge in [0.2, 0.25) is 0 Å². The second kappa shape index (κ2) is 9.02. The van der Waals surface area contributed by atoms with Gasteiger partial charge in [0.1, 0.15) is 5.82 Å². The zero-order valence-electron chi connectivity index (χ0n) is 14.6. The lowest BCUT2D eigenvalue weighted by atomic mass is 10.0. The Morgan fingerprint density at radius 2 is 1.81 bits per heavy atom. The highest BCUT2D eigenvalue weighted by atomic mass is 19.1. The number of rotatable bonds is 4. The molecule has 2 aromatic rings. The smallest absolute Gasteiger partial charge is 0.315 e. The monoisotopic (exact) mass is 351 g/mol. The van der Waals surface area contributed by atoms with Gasteiger partial charge in [0.05, 0.1) is 13.1 Å². The number of amides is 2. The van der Waals surface area contributed by atoms with Gasteiger partial charge < -0.3 is 10.6 Å². The van der Waals surface area contributed by atoms with Crippen molar-refractivity contribution in [3.05, 3.63) is 71.0 Å². The molecule has 2 aromatic carbocycles. The van der Waals surface area contributed by atoms with E-state index in [1.54, 1.807) is 12.1 Å².